The van der Waals surface area contributed by atoms with E-state index in [1.54, 1.807) is 10.7 Å². The number of nitrogen functional groups attached to an aromatic ring is 1. The van der Waals surface area contributed by atoms with Crippen molar-refractivity contribution in [2.45, 2.75) is 13.5 Å². The summed E-state index contributed by atoms with van der Waals surface area (Å²) in [5.74, 6) is 0.723. The molecule has 4 nitrogen and oxygen atoms in total. The molecule has 0 aliphatic heterocycles. The number of benzene rings is 1. The van der Waals surface area contributed by atoms with Gasteiger partial charge in [-0.15, -0.1) is 0 Å². The molecule has 0 atom stereocenters. The van der Waals surface area contributed by atoms with Crippen LogP contribution in [0.3, 0.4) is 0 Å². The monoisotopic (exact) mass is 373 g/mol. The SMILES string of the molecule is Cc1nn(C)c(COc2cc(N)ccc2Br)c1Br. The Hall–Kier alpha value is -1.01. The molecule has 0 aliphatic carbocycles. The van der Waals surface area contributed by atoms with Crippen LogP contribution in [0.25, 0.3) is 0 Å². The minimum atomic E-state index is 0.431. The van der Waals surface area contributed by atoms with E-state index in [4.69, 9.17) is 10.5 Å². The van der Waals surface area contributed by atoms with Crippen molar-refractivity contribution in [3.05, 3.63) is 38.5 Å². The van der Waals surface area contributed by atoms with Gasteiger partial charge in [0.2, 0.25) is 0 Å². The molecule has 0 spiro atoms. The van der Waals surface area contributed by atoms with E-state index in [1.165, 1.54) is 0 Å². The summed E-state index contributed by atoms with van der Waals surface area (Å²) in [7, 11) is 1.89. The Bertz CT molecular complexity index is 581. The van der Waals surface area contributed by atoms with Crippen LogP contribution in [-0.2, 0) is 13.7 Å². The Morgan fingerprint density at radius 1 is 1.39 bits per heavy atom. The van der Waals surface area contributed by atoms with E-state index in [-0.39, 0.29) is 0 Å². The lowest BCUT2D eigenvalue weighted by atomic mass is 10.3. The number of rotatable bonds is 3. The lowest BCUT2D eigenvalue weighted by molar-refractivity contribution is 0.292. The zero-order valence-electron chi connectivity index (χ0n) is 10.1. The molecule has 2 aromatic rings. The van der Waals surface area contributed by atoms with Crippen molar-refractivity contribution in [3.8, 4) is 5.75 Å². The van der Waals surface area contributed by atoms with Crippen LogP contribution in [-0.4, -0.2) is 9.78 Å². The lowest BCUT2D eigenvalue weighted by Crippen LogP contribution is -2.04. The van der Waals surface area contributed by atoms with Crippen molar-refractivity contribution in [3.63, 3.8) is 0 Å². The lowest BCUT2D eigenvalue weighted by Gasteiger charge is -2.09. The molecule has 1 heterocycles. The van der Waals surface area contributed by atoms with Gasteiger partial charge in [-0.05, 0) is 50.9 Å². The molecular formula is C12H13Br2N3O. The van der Waals surface area contributed by atoms with E-state index in [1.807, 2.05) is 26.1 Å². The number of aromatic nitrogens is 2. The zero-order chi connectivity index (χ0) is 13.3. The first-order valence-corrected chi connectivity index (χ1v) is 6.93. The van der Waals surface area contributed by atoms with Crippen LogP contribution >= 0.6 is 31.9 Å². The number of hydrogen-bond donors (Lipinski definition) is 1. The summed E-state index contributed by atoms with van der Waals surface area (Å²) in [6.07, 6.45) is 0. The van der Waals surface area contributed by atoms with Crippen LogP contribution in [0, 0.1) is 6.92 Å². The van der Waals surface area contributed by atoms with E-state index < -0.39 is 0 Å². The summed E-state index contributed by atoms with van der Waals surface area (Å²) < 4.78 is 9.42. The molecule has 0 unspecified atom stereocenters. The quantitative estimate of drug-likeness (QED) is 0.837. The molecule has 2 N–H and O–H groups in total. The number of nitrogens with zero attached hydrogens (tertiary/aromatic N) is 2. The van der Waals surface area contributed by atoms with Gasteiger partial charge in [-0.1, -0.05) is 0 Å². The molecule has 1 aromatic carbocycles. The fourth-order valence-corrected chi connectivity index (χ4v) is 2.43. The highest BCUT2D eigenvalue weighted by Crippen LogP contribution is 2.29. The number of aryl methyl sites for hydroxylation is 2. The summed E-state index contributed by atoms with van der Waals surface area (Å²) >= 11 is 6.94. The predicted octanol–water partition coefficient (Wildman–Crippen LogP) is 3.41. The minimum absolute atomic E-state index is 0.431. The molecule has 18 heavy (non-hydrogen) atoms. The van der Waals surface area contributed by atoms with E-state index in [2.05, 4.69) is 37.0 Å². The number of anilines is 1. The van der Waals surface area contributed by atoms with E-state index in [0.29, 0.717) is 12.3 Å². The van der Waals surface area contributed by atoms with E-state index >= 15 is 0 Å². The van der Waals surface area contributed by atoms with Crippen molar-refractivity contribution in [1.29, 1.82) is 0 Å². The highest BCUT2D eigenvalue weighted by Gasteiger charge is 2.12. The van der Waals surface area contributed by atoms with Crippen LogP contribution in [0.5, 0.6) is 5.75 Å². The standard InChI is InChI=1S/C12H13Br2N3O/c1-7-12(14)10(17(2)16-7)6-18-11-5-8(15)3-4-9(11)13/h3-5H,6,15H2,1-2H3. The van der Waals surface area contributed by atoms with Crippen LogP contribution in [0.4, 0.5) is 5.69 Å². The smallest absolute Gasteiger partial charge is 0.136 e. The van der Waals surface area contributed by atoms with Crippen LogP contribution in [0.2, 0.25) is 0 Å². The van der Waals surface area contributed by atoms with Crippen LogP contribution < -0.4 is 10.5 Å². The maximum atomic E-state index is 5.76. The number of halogens is 2. The Balaban J connectivity index is 2.19. The molecular weight excluding hydrogens is 362 g/mol. The minimum Gasteiger partial charge on any atom is -0.486 e. The molecule has 0 radical (unpaired) electrons. The van der Waals surface area contributed by atoms with Gasteiger partial charge in [0, 0.05) is 18.8 Å². The molecule has 0 fully saturated rings. The molecule has 0 saturated heterocycles. The number of hydrogen-bond acceptors (Lipinski definition) is 3. The summed E-state index contributed by atoms with van der Waals surface area (Å²) in [6.45, 7) is 2.38. The Morgan fingerprint density at radius 2 is 2.11 bits per heavy atom. The van der Waals surface area contributed by atoms with Crippen molar-refractivity contribution >= 4 is 37.5 Å². The highest BCUT2D eigenvalue weighted by molar-refractivity contribution is 9.10. The summed E-state index contributed by atoms with van der Waals surface area (Å²) in [4.78, 5) is 0. The van der Waals surface area contributed by atoms with Crippen LogP contribution in [0.15, 0.2) is 27.1 Å². The Morgan fingerprint density at radius 3 is 2.72 bits per heavy atom. The summed E-state index contributed by atoms with van der Waals surface area (Å²) in [5.41, 5.74) is 8.34. The highest BCUT2D eigenvalue weighted by atomic mass is 79.9. The predicted molar refractivity (Wildman–Crippen MR) is 78.5 cm³/mol. The third-order valence-electron chi connectivity index (χ3n) is 2.58. The summed E-state index contributed by atoms with van der Waals surface area (Å²) in [6, 6.07) is 5.48. The fraction of sp³-hybridized carbons (Fsp3) is 0.250. The maximum absolute atomic E-state index is 5.76. The molecule has 0 saturated carbocycles. The number of ether oxygens (including phenoxy) is 1. The molecule has 6 heteroatoms. The van der Waals surface area contributed by atoms with Crippen molar-refractivity contribution in [1.82, 2.24) is 9.78 Å². The average molecular weight is 375 g/mol. The van der Waals surface area contributed by atoms with E-state index in [0.717, 1.165) is 26.1 Å². The summed E-state index contributed by atoms with van der Waals surface area (Å²) in [5, 5.41) is 4.32. The number of nitrogens with two attached hydrogens (primary N) is 1. The molecule has 2 rings (SSSR count). The van der Waals surface area contributed by atoms with Gasteiger partial charge in [-0.2, -0.15) is 5.10 Å². The molecule has 0 bridgehead atoms. The van der Waals surface area contributed by atoms with Crippen molar-refractivity contribution in [2.24, 2.45) is 7.05 Å². The molecule has 1 aromatic heterocycles. The van der Waals surface area contributed by atoms with E-state index in [9.17, 15) is 0 Å². The topological polar surface area (TPSA) is 53.1 Å². The van der Waals surface area contributed by atoms with Crippen LogP contribution in [0.1, 0.15) is 11.4 Å². The van der Waals surface area contributed by atoms with Crippen molar-refractivity contribution in [2.75, 3.05) is 5.73 Å². The Kier molecular flexibility index (Phi) is 3.97. The second-order valence-electron chi connectivity index (χ2n) is 3.95. The third kappa shape index (κ3) is 2.70. The van der Waals surface area contributed by atoms with Gasteiger partial charge in [0.05, 0.1) is 20.3 Å². The van der Waals surface area contributed by atoms with Gasteiger partial charge in [0.25, 0.3) is 0 Å². The van der Waals surface area contributed by atoms with Gasteiger partial charge in [0.15, 0.2) is 0 Å². The van der Waals surface area contributed by atoms with Crippen molar-refractivity contribution < 1.29 is 4.74 Å². The van der Waals surface area contributed by atoms with Gasteiger partial charge in [-0.3, -0.25) is 4.68 Å². The van der Waals surface area contributed by atoms with Gasteiger partial charge in [-0.25, -0.2) is 0 Å². The zero-order valence-corrected chi connectivity index (χ0v) is 13.2. The Labute approximate surface area is 122 Å². The normalized spacial score (nSPS) is 10.7. The first-order valence-electron chi connectivity index (χ1n) is 5.35. The second kappa shape index (κ2) is 5.32. The first-order chi connectivity index (χ1) is 8.49. The van der Waals surface area contributed by atoms with Gasteiger partial charge in [0.1, 0.15) is 12.4 Å². The average Bonchev–Trinajstić information content (AvgIpc) is 2.55. The fourth-order valence-electron chi connectivity index (χ4n) is 1.61. The maximum Gasteiger partial charge on any atom is 0.136 e. The molecule has 0 amide bonds. The molecule has 0 aliphatic rings. The van der Waals surface area contributed by atoms with Gasteiger partial charge >= 0.3 is 0 Å². The second-order valence-corrected chi connectivity index (χ2v) is 5.60. The molecule has 96 valence electrons. The van der Waals surface area contributed by atoms with Gasteiger partial charge < -0.3 is 10.5 Å². The largest absolute Gasteiger partial charge is 0.486 e. The first kappa shape index (κ1) is 13.4. The third-order valence-corrected chi connectivity index (χ3v) is 4.27.